The molecule has 4 aliphatic rings. The molecule has 0 amide bonds. The number of quaternary nitrogens is 1. The highest BCUT2D eigenvalue weighted by Gasteiger charge is 2.59. The van der Waals surface area contributed by atoms with Gasteiger partial charge in [0.1, 0.15) is 25.9 Å². The summed E-state index contributed by atoms with van der Waals surface area (Å²) in [6.07, 6.45) is 40.9. The molecule has 12 heteroatoms. The molecule has 0 saturated heterocycles. The van der Waals surface area contributed by atoms with Gasteiger partial charge in [-0.05, 0) is 97.7 Å². The molecule has 0 aromatic carbocycles. The third kappa shape index (κ3) is 24.2. The average Bonchev–Trinajstić information content (AvgIpc) is 3.71. The van der Waals surface area contributed by atoms with Crippen molar-refractivity contribution >= 4 is 25.7 Å². The summed E-state index contributed by atoms with van der Waals surface area (Å²) in [5.74, 6) is 2.96. The zero-order chi connectivity index (χ0) is 54.7. The van der Waals surface area contributed by atoms with Gasteiger partial charge in [0.15, 0.2) is 6.10 Å². The van der Waals surface area contributed by atoms with Crippen LogP contribution in [0.3, 0.4) is 0 Å². The number of carbonyl (C=O) groups excluding carboxylic acids is 3. The molecule has 3 saturated carbocycles. The molecule has 4 rings (SSSR count). The van der Waals surface area contributed by atoms with Crippen LogP contribution in [0.15, 0.2) is 11.6 Å². The quantitative estimate of drug-likeness (QED) is 0.0145. The van der Waals surface area contributed by atoms with Crippen molar-refractivity contribution in [1.82, 2.24) is 0 Å². The molecule has 75 heavy (non-hydrogen) atoms. The van der Waals surface area contributed by atoms with Crippen molar-refractivity contribution in [2.24, 2.45) is 46.3 Å². The van der Waals surface area contributed by atoms with Crippen LogP contribution in [0.25, 0.3) is 0 Å². The Morgan fingerprint density at radius 2 is 1.24 bits per heavy atom. The number of unbranched alkanes of at least 4 members (excludes halogenated alkanes) is 20. The standard InChI is InChI=1S/C63H114NO10P/c1-10-11-12-13-14-15-16-17-18-19-20-21-22-23-24-25-26-27-28-29-30-34-59(65)70-48-54(49-72-75(68,69)71-46-45-64(7,8)9)74-61(67)40-39-60(66)73-53-41-43-62(5)52(47-53)35-36-55-57-38-37-56(51(4)33-31-32-50(2)3)63(57,6)44-42-58(55)62/h35,50-51,53-58H,10-34,36-49H2,1-9H3/t51-,53+,54?,55+,56-,57+,58+,62+,63-/m1/s1. The number of carbonyl (C=O) groups is 3. The molecule has 3 fully saturated rings. The predicted octanol–water partition coefficient (Wildman–Crippen LogP) is 16.0. The zero-order valence-electron chi connectivity index (χ0n) is 49.8. The summed E-state index contributed by atoms with van der Waals surface area (Å²) in [5, 5.41) is 0. The van der Waals surface area contributed by atoms with Crippen molar-refractivity contribution in [2.45, 2.75) is 278 Å². The second kappa shape index (κ2) is 34.4. The topological polar surface area (TPSA) is 137 Å². The van der Waals surface area contributed by atoms with E-state index in [1.165, 1.54) is 160 Å². The van der Waals surface area contributed by atoms with E-state index in [4.69, 9.17) is 23.3 Å². The summed E-state index contributed by atoms with van der Waals surface area (Å²) in [7, 11) is 1.01. The first-order valence-electron chi connectivity index (χ1n) is 31.4. The van der Waals surface area contributed by atoms with Crippen molar-refractivity contribution in [3.05, 3.63) is 11.6 Å². The van der Waals surface area contributed by atoms with Crippen LogP contribution in [0.5, 0.6) is 0 Å². The number of rotatable bonds is 41. The van der Waals surface area contributed by atoms with Gasteiger partial charge in [0, 0.05) is 12.8 Å². The smallest absolute Gasteiger partial charge is 0.306 e. The highest BCUT2D eigenvalue weighted by Crippen LogP contribution is 2.67. The van der Waals surface area contributed by atoms with Gasteiger partial charge in [-0.1, -0.05) is 201 Å². The Hall–Kier alpha value is -1.78. The van der Waals surface area contributed by atoms with E-state index in [9.17, 15) is 23.8 Å². The largest absolute Gasteiger partial charge is 0.756 e. The lowest BCUT2D eigenvalue weighted by Gasteiger charge is -2.58. The van der Waals surface area contributed by atoms with E-state index in [0.29, 0.717) is 28.8 Å². The molecular weight excluding hydrogens is 962 g/mol. The third-order valence-electron chi connectivity index (χ3n) is 18.7. The van der Waals surface area contributed by atoms with Crippen LogP contribution < -0.4 is 4.89 Å². The van der Waals surface area contributed by atoms with E-state index in [-0.39, 0.29) is 44.0 Å². The van der Waals surface area contributed by atoms with Crippen LogP contribution in [-0.4, -0.2) is 82.1 Å². The maximum absolute atomic E-state index is 13.2. The number of hydrogen-bond acceptors (Lipinski definition) is 10. The van der Waals surface area contributed by atoms with Gasteiger partial charge < -0.3 is 32.6 Å². The number of nitrogens with zero attached hydrogens (tertiary/aromatic N) is 1. The van der Waals surface area contributed by atoms with E-state index in [0.717, 1.165) is 74.5 Å². The van der Waals surface area contributed by atoms with Crippen molar-refractivity contribution in [1.29, 1.82) is 0 Å². The van der Waals surface area contributed by atoms with Gasteiger partial charge in [-0.15, -0.1) is 0 Å². The van der Waals surface area contributed by atoms with Crippen LogP contribution in [0, 0.1) is 46.3 Å². The lowest BCUT2D eigenvalue weighted by molar-refractivity contribution is -0.870. The Balaban J connectivity index is 1.12. The zero-order valence-corrected chi connectivity index (χ0v) is 50.6. The minimum Gasteiger partial charge on any atom is -0.756 e. The van der Waals surface area contributed by atoms with Gasteiger partial charge in [0.05, 0.1) is 40.6 Å². The molecule has 0 N–H and O–H groups in total. The lowest BCUT2D eigenvalue weighted by atomic mass is 9.47. The Labute approximate surface area is 459 Å². The van der Waals surface area contributed by atoms with Crippen LogP contribution in [0.1, 0.15) is 266 Å². The summed E-state index contributed by atoms with van der Waals surface area (Å²) in [5.41, 5.74) is 2.02. The molecule has 0 radical (unpaired) electrons. The first kappa shape index (κ1) is 65.7. The molecule has 2 unspecified atom stereocenters. The van der Waals surface area contributed by atoms with Gasteiger partial charge in [0.25, 0.3) is 7.82 Å². The fourth-order valence-electron chi connectivity index (χ4n) is 14.2. The molecule has 0 aromatic rings. The highest BCUT2D eigenvalue weighted by molar-refractivity contribution is 7.45. The molecular formula is C63H114NO10P. The Morgan fingerprint density at radius 3 is 1.81 bits per heavy atom. The Bertz CT molecular complexity index is 1710. The average molecular weight is 1080 g/mol. The van der Waals surface area contributed by atoms with Gasteiger partial charge in [-0.3, -0.25) is 18.9 Å². The molecule has 0 aromatic heterocycles. The number of phosphoric ester groups is 1. The molecule has 4 aliphatic carbocycles. The minimum absolute atomic E-state index is 0.0808. The highest BCUT2D eigenvalue weighted by atomic mass is 31.2. The number of phosphoric acid groups is 1. The molecule has 0 spiro atoms. The lowest BCUT2D eigenvalue weighted by Crippen LogP contribution is -2.51. The fourth-order valence-corrected chi connectivity index (χ4v) is 14.9. The van der Waals surface area contributed by atoms with Crippen molar-refractivity contribution in [2.75, 3.05) is 47.5 Å². The predicted molar refractivity (Wildman–Crippen MR) is 303 cm³/mol. The first-order chi connectivity index (χ1) is 35.8. The first-order valence-corrected chi connectivity index (χ1v) is 32.9. The van der Waals surface area contributed by atoms with E-state index in [2.05, 4.69) is 47.6 Å². The van der Waals surface area contributed by atoms with Crippen LogP contribution in [-0.2, 0) is 42.2 Å². The number of fused-ring (bicyclic) bond motifs is 5. The van der Waals surface area contributed by atoms with Crippen LogP contribution in [0.2, 0.25) is 0 Å². The summed E-state index contributed by atoms with van der Waals surface area (Å²) in [4.78, 5) is 51.8. The van der Waals surface area contributed by atoms with Gasteiger partial charge in [-0.25, -0.2) is 0 Å². The summed E-state index contributed by atoms with van der Waals surface area (Å²) in [6.45, 7) is 14.0. The Morgan fingerprint density at radius 1 is 0.667 bits per heavy atom. The maximum Gasteiger partial charge on any atom is 0.306 e. The second-order valence-electron chi connectivity index (χ2n) is 26.4. The summed E-state index contributed by atoms with van der Waals surface area (Å²) < 4.78 is 40.4. The monoisotopic (exact) mass is 1080 g/mol. The normalized spacial score (nSPS) is 26.1. The van der Waals surface area contributed by atoms with Crippen LogP contribution >= 0.6 is 7.82 Å². The molecule has 0 bridgehead atoms. The number of allylic oxidation sites excluding steroid dienone is 1. The molecule has 436 valence electrons. The number of hydrogen-bond donors (Lipinski definition) is 0. The van der Waals surface area contributed by atoms with Gasteiger partial charge in [-0.2, -0.15) is 0 Å². The number of likely N-dealkylation sites (N-methyl/N-ethyl adjacent to an activating group) is 1. The second-order valence-corrected chi connectivity index (χ2v) is 27.8. The summed E-state index contributed by atoms with van der Waals surface area (Å²) >= 11 is 0. The van der Waals surface area contributed by atoms with E-state index in [1.807, 2.05) is 21.1 Å². The van der Waals surface area contributed by atoms with E-state index >= 15 is 0 Å². The van der Waals surface area contributed by atoms with Gasteiger partial charge >= 0.3 is 17.9 Å². The number of esters is 3. The molecule has 10 atom stereocenters. The molecule has 0 aliphatic heterocycles. The minimum atomic E-state index is -4.74. The molecule has 0 heterocycles. The maximum atomic E-state index is 13.2. The van der Waals surface area contributed by atoms with Crippen molar-refractivity contribution in [3.8, 4) is 0 Å². The summed E-state index contributed by atoms with van der Waals surface area (Å²) in [6, 6.07) is 0. The molecule has 11 nitrogen and oxygen atoms in total. The Kier molecular flexibility index (Phi) is 30.1. The number of ether oxygens (including phenoxy) is 3. The SMILES string of the molecule is CCCCCCCCCCCCCCCCCCCCCCCC(=O)OCC(COP(=O)([O-])OCC[N+](C)(C)C)OC(=O)CCC(=O)O[C@H]1CC[C@@]2(C)C(=CC[C@H]3[C@@H]4CC[C@H]([C@H](C)CCCC(C)C)[C@@]4(C)CC[C@@H]32)C1. The fraction of sp³-hybridized carbons (Fsp3) is 0.921. The van der Waals surface area contributed by atoms with Crippen LogP contribution in [0.4, 0.5) is 0 Å². The van der Waals surface area contributed by atoms with E-state index < -0.39 is 38.4 Å². The van der Waals surface area contributed by atoms with Crippen molar-refractivity contribution in [3.63, 3.8) is 0 Å². The van der Waals surface area contributed by atoms with Gasteiger partial charge in [0.2, 0.25) is 0 Å². The van der Waals surface area contributed by atoms with Crippen molar-refractivity contribution < 1.29 is 51.6 Å². The van der Waals surface area contributed by atoms with E-state index in [1.54, 1.807) is 0 Å². The third-order valence-corrected chi connectivity index (χ3v) is 19.7.